The van der Waals surface area contributed by atoms with E-state index in [0.29, 0.717) is 23.9 Å². The maximum atomic E-state index is 12.8. The highest BCUT2D eigenvalue weighted by molar-refractivity contribution is 6.04. The summed E-state index contributed by atoms with van der Waals surface area (Å²) in [5.41, 5.74) is 2.29. The smallest absolute Gasteiger partial charge is 0.274 e. The molecule has 26 heavy (non-hydrogen) atoms. The third-order valence-electron chi connectivity index (χ3n) is 4.16. The van der Waals surface area contributed by atoms with Crippen molar-refractivity contribution >= 4 is 16.7 Å². The van der Waals surface area contributed by atoms with Gasteiger partial charge in [-0.1, -0.05) is 61.9 Å². The van der Waals surface area contributed by atoms with Crippen molar-refractivity contribution in [3.05, 3.63) is 75.7 Å². The van der Waals surface area contributed by atoms with E-state index in [0.717, 1.165) is 11.1 Å². The molecule has 134 valence electrons. The van der Waals surface area contributed by atoms with Crippen molar-refractivity contribution in [2.75, 3.05) is 0 Å². The van der Waals surface area contributed by atoms with Crippen molar-refractivity contribution in [2.24, 2.45) is 5.92 Å². The third-order valence-corrected chi connectivity index (χ3v) is 4.16. The van der Waals surface area contributed by atoms with Gasteiger partial charge in [-0.3, -0.25) is 9.59 Å². The monoisotopic (exact) mass is 349 g/mol. The van der Waals surface area contributed by atoms with E-state index < -0.39 is 0 Å². The fraction of sp³-hybridized carbons (Fsp3) is 0.286. The van der Waals surface area contributed by atoms with Gasteiger partial charge in [0.05, 0.1) is 5.39 Å². The Labute approximate surface area is 152 Å². The zero-order chi connectivity index (χ0) is 18.7. The van der Waals surface area contributed by atoms with Crippen LogP contribution in [0.5, 0.6) is 0 Å². The van der Waals surface area contributed by atoms with Crippen LogP contribution < -0.4 is 10.9 Å². The van der Waals surface area contributed by atoms with E-state index in [1.807, 2.05) is 51.1 Å². The standard InChI is InChI=1S/C21H23N3O2/c1-14(2)13-24-21(26)18-10-5-4-9-17(18)19(23-24)20(25)22-12-16-8-6-7-15(3)11-16/h4-11,14H,12-13H2,1-3H3,(H,22,25). The molecule has 0 fully saturated rings. The minimum absolute atomic E-state index is 0.162. The molecule has 0 aliphatic carbocycles. The van der Waals surface area contributed by atoms with Crippen LogP contribution in [0.4, 0.5) is 0 Å². The lowest BCUT2D eigenvalue weighted by molar-refractivity contribution is 0.0945. The second kappa shape index (κ2) is 7.52. The predicted molar refractivity (Wildman–Crippen MR) is 103 cm³/mol. The van der Waals surface area contributed by atoms with Crippen LogP contribution in [0.3, 0.4) is 0 Å². The number of rotatable bonds is 5. The van der Waals surface area contributed by atoms with Gasteiger partial charge in [-0.15, -0.1) is 0 Å². The number of amides is 1. The van der Waals surface area contributed by atoms with Crippen LogP contribution in [0.2, 0.25) is 0 Å². The first-order chi connectivity index (χ1) is 12.5. The second-order valence-electron chi connectivity index (χ2n) is 6.95. The first-order valence-electron chi connectivity index (χ1n) is 8.79. The summed E-state index contributed by atoms with van der Waals surface area (Å²) in [5, 5.41) is 8.38. The SMILES string of the molecule is Cc1cccc(CNC(=O)c2nn(CC(C)C)c(=O)c3ccccc23)c1. The van der Waals surface area contributed by atoms with Crippen molar-refractivity contribution in [3.63, 3.8) is 0 Å². The Balaban J connectivity index is 1.96. The molecular weight excluding hydrogens is 326 g/mol. The number of hydrogen-bond acceptors (Lipinski definition) is 3. The first-order valence-corrected chi connectivity index (χ1v) is 8.79. The lowest BCUT2D eigenvalue weighted by Gasteiger charge is -2.13. The van der Waals surface area contributed by atoms with E-state index in [1.165, 1.54) is 4.68 Å². The van der Waals surface area contributed by atoms with E-state index in [4.69, 9.17) is 0 Å². The number of aromatic nitrogens is 2. The summed E-state index contributed by atoms with van der Waals surface area (Å²) in [6, 6.07) is 15.1. The molecule has 1 aromatic heterocycles. The topological polar surface area (TPSA) is 64.0 Å². The van der Waals surface area contributed by atoms with Crippen molar-refractivity contribution < 1.29 is 4.79 Å². The molecule has 1 N–H and O–H groups in total. The molecule has 0 atom stereocenters. The van der Waals surface area contributed by atoms with Crippen LogP contribution in [0.15, 0.2) is 53.3 Å². The normalized spacial score (nSPS) is 11.1. The average molecular weight is 349 g/mol. The van der Waals surface area contributed by atoms with Crippen molar-refractivity contribution in [2.45, 2.75) is 33.9 Å². The Hall–Kier alpha value is -2.95. The number of carbonyl (C=O) groups is 1. The molecule has 2 aromatic carbocycles. The van der Waals surface area contributed by atoms with Gasteiger partial charge in [0, 0.05) is 18.5 Å². The molecule has 1 amide bonds. The van der Waals surface area contributed by atoms with Gasteiger partial charge in [-0.25, -0.2) is 4.68 Å². The molecule has 0 saturated heterocycles. The molecule has 5 nitrogen and oxygen atoms in total. The molecule has 3 rings (SSSR count). The van der Waals surface area contributed by atoms with Crippen LogP contribution in [-0.2, 0) is 13.1 Å². The van der Waals surface area contributed by atoms with Gasteiger partial charge in [0.15, 0.2) is 5.69 Å². The molecule has 1 heterocycles. The molecule has 0 aliphatic heterocycles. The Morgan fingerprint density at radius 3 is 2.54 bits per heavy atom. The molecule has 0 aliphatic rings. The molecule has 0 bridgehead atoms. The average Bonchev–Trinajstić information content (AvgIpc) is 2.62. The fourth-order valence-corrected chi connectivity index (χ4v) is 2.96. The highest BCUT2D eigenvalue weighted by atomic mass is 16.2. The van der Waals surface area contributed by atoms with Crippen LogP contribution in [0, 0.1) is 12.8 Å². The van der Waals surface area contributed by atoms with Crippen LogP contribution in [0.1, 0.15) is 35.5 Å². The third kappa shape index (κ3) is 3.82. The van der Waals surface area contributed by atoms with Gasteiger partial charge in [0.25, 0.3) is 11.5 Å². The lowest BCUT2D eigenvalue weighted by atomic mass is 10.1. The molecule has 0 spiro atoms. The van der Waals surface area contributed by atoms with E-state index in [2.05, 4.69) is 10.4 Å². The largest absolute Gasteiger partial charge is 0.347 e. The number of fused-ring (bicyclic) bond motifs is 1. The van der Waals surface area contributed by atoms with Crippen molar-refractivity contribution in [1.82, 2.24) is 15.1 Å². The Bertz CT molecular complexity index is 1010. The van der Waals surface area contributed by atoms with Gasteiger partial charge >= 0.3 is 0 Å². The Kier molecular flexibility index (Phi) is 5.16. The Morgan fingerprint density at radius 1 is 1.12 bits per heavy atom. The first kappa shape index (κ1) is 17.9. The van der Waals surface area contributed by atoms with Gasteiger partial charge in [-0.2, -0.15) is 5.10 Å². The molecule has 3 aromatic rings. The van der Waals surface area contributed by atoms with Gasteiger partial charge in [0.1, 0.15) is 0 Å². The van der Waals surface area contributed by atoms with E-state index in [9.17, 15) is 9.59 Å². The summed E-state index contributed by atoms with van der Waals surface area (Å²) in [6.07, 6.45) is 0. The predicted octanol–water partition coefficient (Wildman–Crippen LogP) is 3.29. The quantitative estimate of drug-likeness (QED) is 0.769. The summed E-state index contributed by atoms with van der Waals surface area (Å²) in [6.45, 7) is 6.94. The number of aryl methyl sites for hydroxylation is 1. The zero-order valence-electron chi connectivity index (χ0n) is 15.3. The summed E-state index contributed by atoms with van der Waals surface area (Å²) in [7, 11) is 0. The Morgan fingerprint density at radius 2 is 1.85 bits per heavy atom. The van der Waals surface area contributed by atoms with Crippen LogP contribution >= 0.6 is 0 Å². The van der Waals surface area contributed by atoms with Crippen molar-refractivity contribution in [3.8, 4) is 0 Å². The summed E-state index contributed by atoms with van der Waals surface area (Å²) in [5.74, 6) is -0.0234. The van der Waals surface area contributed by atoms with Crippen LogP contribution in [-0.4, -0.2) is 15.7 Å². The van der Waals surface area contributed by atoms with E-state index in [1.54, 1.807) is 18.2 Å². The second-order valence-corrected chi connectivity index (χ2v) is 6.95. The van der Waals surface area contributed by atoms with Gasteiger partial charge in [0.2, 0.25) is 0 Å². The number of hydrogen-bond donors (Lipinski definition) is 1. The lowest BCUT2D eigenvalue weighted by Crippen LogP contribution is -2.31. The summed E-state index contributed by atoms with van der Waals surface area (Å²) >= 11 is 0. The maximum absolute atomic E-state index is 12.8. The highest BCUT2D eigenvalue weighted by Crippen LogP contribution is 2.14. The number of nitrogens with one attached hydrogen (secondary N) is 1. The zero-order valence-corrected chi connectivity index (χ0v) is 15.3. The number of carbonyl (C=O) groups excluding carboxylic acids is 1. The number of benzene rings is 2. The molecular formula is C21H23N3O2. The minimum atomic E-state index is -0.278. The summed E-state index contributed by atoms with van der Waals surface area (Å²) in [4.78, 5) is 25.4. The number of nitrogens with zero attached hydrogens (tertiary/aromatic N) is 2. The molecule has 5 heteroatoms. The fourth-order valence-electron chi connectivity index (χ4n) is 2.96. The van der Waals surface area contributed by atoms with E-state index >= 15 is 0 Å². The maximum Gasteiger partial charge on any atom is 0.274 e. The molecule has 0 saturated carbocycles. The van der Waals surface area contributed by atoms with Crippen molar-refractivity contribution in [1.29, 1.82) is 0 Å². The van der Waals surface area contributed by atoms with Crippen LogP contribution in [0.25, 0.3) is 10.8 Å². The molecule has 0 unspecified atom stereocenters. The highest BCUT2D eigenvalue weighted by Gasteiger charge is 2.16. The minimum Gasteiger partial charge on any atom is -0.347 e. The summed E-state index contributed by atoms with van der Waals surface area (Å²) < 4.78 is 1.40. The molecule has 0 radical (unpaired) electrons. The van der Waals surface area contributed by atoms with Gasteiger partial charge in [-0.05, 0) is 24.5 Å². The van der Waals surface area contributed by atoms with Gasteiger partial charge < -0.3 is 5.32 Å². The van der Waals surface area contributed by atoms with E-state index in [-0.39, 0.29) is 23.1 Å².